The lowest BCUT2D eigenvalue weighted by molar-refractivity contribution is -0.196. The molecule has 3 atom stereocenters. The molecule has 4 N–H and O–H groups in total. The van der Waals surface area contributed by atoms with Crippen molar-refractivity contribution in [2.24, 2.45) is 19.8 Å². The molecular formula is C22H32N6O7. The van der Waals surface area contributed by atoms with Crippen molar-refractivity contribution in [3.05, 3.63) is 27.2 Å². The van der Waals surface area contributed by atoms with E-state index in [2.05, 4.69) is 4.98 Å². The zero-order valence-corrected chi connectivity index (χ0v) is 20.1. The van der Waals surface area contributed by atoms with E-state index in [-0.39, 0.29) is 36.5 Å². The zero-order chi connectivity index (χ0) is 25.7. The van der Waals surface area contributed by atoms with Gasteiger partial charge in [0.1, 0.15) is 6.04 Å². The summed E-state index contributed by atoms with van der Waals surface area (Å²) in [4.78, 5) is 54.4. The molecule has 4 heterocycles. The Bertz CT molecular complexity index is 1270. The lowest BCUT2D eigenvalue weighted by Crippen LogP contribution is -2.58. The number of carbonyl (C=O) groups excluding carboxylic acids is 1. The largest absolute Gasteiger partial charge is 0.480 e. The number of amides is 1. The quantitative estimate of drug-likeness (QED) is 0.458. The minimum absolute atomic E-state index is 0.0618. The molecule has 13 nitrogen and oxygen atoms in total. The first kappa shape index (κ1) is 25.1. The maximum atomic E-state index is 12.9. The van der Waals surface area contributed by atoms with Crippen molar-refractivity contribution in [2.45, 2.75) is 62.3 Å². The highest BCUT2D eigenvalue weighted by Gasteiger charge is 2.50. The second-order valence-corrected chi connectivity index (χ2v) is 9.94. The highest BCUT2D eigenvalue weighted by molar-refractivity contribution is 5.78. The molecule has 2 aliphatic heterocycles. The minimum Gasteiger partial charge on any atom is -0.480 e. The van der Waals surface area contributed by atoms with Crippen LogP contribution in [-0.2, 0) is 28.4 Å². The normalized spacial score (nSPS) is 25.2. The van der Waals surface area contributed by atoms with E-state index in [1.165, 1.54) is 25.0 Å². The molecule has 2 aromatic heterocycles. The lowest BCUT2D eigenvalue weighted by atomic mass is 9.75. The standard InChI is InChI=1S/C22H32N6O7/c1-21(34)11-22(6-8-27(9-7-22)15(29)5-4-13(23)19(31)32)35-10-14(21)28-12-24-17-16(28)18(30)26(3)20(33)25(17)2/h12-14,34H,4-11,23H2,1-3H3,(H,31,32)/t13-,14-,21-/m1/s1. The number of aromatic nitrogens is 4. The highest BCUT2D eigenvalue weighted by Crippen LogP contribution is 2.44. The Labute approximate surface area is 200 Å². The number of aliphatic carboxylic acids is 1. The molecule has 0 unspecified atom stereocenters. The third-order valence-electron chi connectivity index (χ3n) is 7.47. The molecule has 2 aromatic rings. The topological polar surface area (TPSA) is 175 Å². The number of aryl methyl sites for hydroxylation is 1. The van der Waals surface area contributed by atoms with Gasteiger partial charge in [-0.2, -0.15) is 0 Å². The zero-order valence-electron chi connectivity index (χ0n) is 20.1. The van der Waals surface area contributed by atoms with Gasteiger partial charge in [0.05, 0.1) is 30.2 Å². The van der Waals surface area contributed by atoms with Gasteiger partial charge < -0.3 is 30.2 Å². The molecule has 2 aliphatic rings. The van der Waals surface area contributed by atoms with E-state index in [0.717, 1.165) is 4.57 Å². The first-order valence-electron chi connectivity index (χ1n) is 11.6. The van der Waals surface area contributed by atoms with Crippen molar-refractivity contribution in [1.29, 1.82) is 0 Å². The summed E-state index contributed by atoms with van der Waals surface area (Å²) >= 11 is 0. The molecule has 0 aliphatic carbocycles. The van der Waals surface area contributed by atoms with E-state index < -0.39 is 40.5 Å². The number of fused-ring (bicyclic) bond motifs is 1. The number of hydrogen-bond donors (Lipinski definition) is 3. The second kappa shape index (κ2) is 8.88. The summed E-state index contributed by atoms with van der Waals surface area (Å²) < 4.78 is 10.2. The Balaban J connectivity index is 1.48. The molecule has 192 valence electrons. The Morgan fingerprint density at radius 2 is 1.91 bits per heavy atom. The Morgan fingerprint density at radius 1 is 1.26 bits per heavy atom. The number of rotatable bonds is 5. The maximum absolute atomic E-state index is 12.9. The fourth-order valence-electron chi connectivity index (χ4n) is 5.28. The van der Waals surface area contributed by atoms with Gasteiger partial charge in [-0.15, -0.1) is 0 Å². The lowest BCUT2D eigenvalue weighted by Gasteiger charge is -2.51. The van der Waals surface area contributed by atoms with Gasteiger partial charge >= 0.3 is 11.7 Å². The van der Waals surface area contributed by atoms with Gasteiger partial charge in [-0.3, -0.25) is 23.5 Å². The van der Waals surface area contributed by atoms with Gasteiger partial charge in [-0.25, -0.2) is 9.78 Å². The van der Waals surface area contributed by atoms with Crippen LogP contribution in [0.1, 0.15) is 45.1 Å². The third kappa shape index (κ3) is 4.39. The van der Waals surface area contributed by atoms with Crippen LogP contribution >= 0.6 is 0 Å². The number of ether oxygens (including phenoxy) is 1. The smallest absolute Gasteiger partial charge is 0.332 e. The summed E-state index contributed by atoms with van der Waals surface area (Å²) in [6.45, 7) is 2.69. The van der Waals surface area contributed by atoms with Crippen molar-refractivity contribution < 1.29 is 24.5 Å². The van der Waals surface area contributed by atoms with Crippen LogP contribution in [0, 0.1) is 0 Å². The number of carboxylic acids is 1. The summed E-state index contributed by atoms with van der Waals surface area (Å²) in [5.74, 6) is -1.28. The van der Waals surface area contributed by atoms with Crippen LogP contribution in [0.25, 0.3) is 11.2 Å². The van der Waals surface area contributed by atoms with E-state index in [4.69, 9.17) is 15.6 Å². The fraction of sp³-hybridized carbons (Fsp3) is 0.682. The predicted molar refractivity (Wildman–Crippen MR) is 124 cm³/mol. The van der Waals surface area contributed by atoms with Gasteiger partial charge in [-0.05, 0) is 26.2 Å². The van der Waals surface area contributed by atoms with E-state index in [1.807, 2.05) is 0 Å². The molecule has 0 bridgehead atoms. The van der Waals surface area contributed by atoms with Gasteiger partial charge in [0.2, 0.25) is 5.91 Å². The first-order chi connectivity index (χ1) is 16.4. The number of piperidine rings is 1. The van der Waals surface area contributed by atoms with Gasteiger partial charge in [0, 0.05) is 40.0 Å². The molecule has 0 aromatic carbocycles. The molecule has 2 fully saturated rings. The van der Waals surface area contributed by atoms with E-state index in [9.17, 15) is 24.3 Å². The van der Waals surface area contributed by atoms with E-state index in [0.29, 0.717) is 32.4 Å². The van der Waals surface area contributed by atoms with E-state index in [1.54, 1.807) is 16.4 Å². The molecule has 1 spiro atoms. The first-order valence-corrected chi connectivity index (χ1v) is 11.6. The van der Waals surface area contributed by atoms with Crippen molar-refractivity contribution in [2.75, 3.05) is 19.7 Å². The van der Waals surface area contributed by atoms with Crippen LogP contribution in [0.4, 0.5) is 0 Å². The van der Waals surface area contributed by atoms with Crippen LogP contribution in [0.5, 0.6) is 0 Å². The third-order valence-corrected chi connectivity index (χ3v) is 7.47. The van der Waals surface area contributed by atoms with Crippen LogP contribution in [-0.4, -0.2) is 82.6 Å². The average molecular weight is 493 g/mol. The van der Waals surface area contributed by atoms with Gasteiger partial charge in [0.25, 0.3) is 5.56 Å². The van der Waals surface area contributed by atoms with Crippen molar-refractivity contribution in [3.63, 3.8) is 0 Å². The maximum Gasteiger partial charge on any atom is 0.332 e. The number of carbonyl (C=O) groups is 2. The number of nitrogens with two attached hydrogens (primary N) is 1. The van der Waals surface area contributed by atoms with Gasteiger partial charge in [0.15, 0.2) is 11.2 Å². The fourth-order valence-corrected chi connectivity index (χ4v) is 5.28. The Hall–Kier alpha value is -3.03. The molecule has 0 saturated carbocycles. The number of nitrogens with zero attached hydrogens (tertiary/aromatic N) is 5. The van der Waals surface area contributed by atoms with Crippen molar-refractivity contribution in [1.82, 2.24) is 23.6 Å². The van der Waals surface area contributed by atoms with E-state index >= 15 is 0 Å². The summed E-state index contributed by atoms with van der Waals surface area (Å²) in [7, 11) is 2.94. The molecule has 0 radical (unpaired) electrons. The summed E-state index contributed by atoms with van der Waals surface area (Å²) in [6.07, 6.45) is 2.93. The van der Waals surface area contributed by atoms with Crippen LogP contribution in [0.3, 0.4) is 0 Å². The highest BCUT2D eigenvalue weighted by atomic mass is 16.5. The summed E-state index contributed by atoms with van der Waals surface area (Å²) in [5.41, 5.74) is 3.11. The molecular weight excluding hydrogens is 460 g/mol. The number of imidazole rings is 1. The van der Waals surface area contributed by atoms with Crippen LogP contribution in [0.15, 0.2) is 15.9 Å². The Morgan fingerprint density at radius 3 is 2.51 bits per heavy atom. The minimum atomic E-state index is -1.24. The summed E-state index contributed by atoms with van der Waals surface area (Å²) in [5, 5.41) is 20.4. The van der Waals surface area contributed by atoms with Crippen molar-refractivity contribution in [3.8, 4) is 0 Å². The predicted octanol–water partition coefficient (Wildman–Crippen LogP) is -1.30. The van der Waals surface area contributed by atoms with Crippen LogP contribution < -0.4 is 17.0 Å². The SMILES string of the molecule is Cn1c(=O)c2c(ncn2[C@@H]2COC3(CCN(C(=O)CC[C@@H](N)C(=O)O)CC3)C[C@@]2(C)O)n(C)c1=O. The molecule has 35 heavy (non-hydrogen) atoms. The number of aliphatic hydroxyl groups is 1. The van der Waals surface area contributed by atoms with Crippen molar-refractivity contribution >= 4 is 23.0 Å². The monoisotopic (exact) mass is 492 g/mol. The van der Waals surface area contributed by atoms with Gasteiger partial charge in [-0.1, -0.05) is 0 Å². The molecule has 1 amide bonds. The summed E-state index contributed by atoms with van der Waals surface area (Å²) in [6, 6.07) is -1.66. The second-order valence-electron chi connectivity index (χ2n) is 9.94. The number of likely N-dealkylation sites (tertiary alicyclic amines) is 1. The number of hydrogen-bond acceptors (Lipinski definition) is 8. The molecule has 2 saturated heterocycles. The molecule has 4 rings (SSSR count). The molecule has 13 heteroatoms. The average Bonchev–Trinajstić information content (AvgIpc) is 3.24. The van der Waals surface area contributed by atoms with Crippen LogP contribution in [0.2, 0.25) is 0 Å². The number of carboxylic acid groups (broad SMARTS) is 1. The Kier molecular flexibility index (Phi) is 6.36.